The molecule has 8 aromatic carbocycles. The number of thiophene rings is 1. The van der Waals surface area contributed by atoms with Crippen molar-refractivity contribution in [3.05, 3.63) is 188 Å². The summed E-state index contributed by atoms with van der Waals surface area (Å²) in [7, 11) is 0. The molecular weight excluding hydrogens is 675 g/mol. The van der Waals surface area contributed by atoms with Crippen molar-refractivity contribution in [2.45, 2.75) is 0 Å². The summed E-state index contributed by atoms with van der Waals surface area (Å²) in [5.41, 5.74) is 10.5. The number of aromatic nitrogens is 2. The molecule has 12 aromatic rings. The molecule has 0 fully saturated rings. The minimum atomic E-state index is 1.11. The summed E-state index contributed by atoms with van der Waals surface area (Å²) in [4.78, 5) is 2.41. The van der Waals surface area contributed by atoms with Gasteiger partial charge in [0.2, 0.25) is 0 Å². The fourth-order valence-electron chi connectivity index (χ4n) is 9.00. The van der Waals surface area contributed by atoms with E-state index in [-0.39, 0.29) is 0 Å². The molecule has 54 heavy (non-hydrogen) atoms. The zero-order valence-electron chi connectivity index (χ0n) is 29.1. The van der Waals surface area contributed by atoms with Crippen molar-refractivity contribution < 1.29 is 0 Å². The average Bonchev–Trinajstić information content (AvgIpc) is 3.88. The quantitative estimate of drug-likeness (QED) is 0.178. The maximum absolute atomic E-state index is 2.55. The Morgan fingerprint density at radius 1 is 0.352 bits per heavy atom. The Morgan fingerprint density at radius 3 is 1.80 bits per heavy atom. The van der Waals surface area contributed by atoms with Gasteiger partial charge in [-0.3, -0.25) is 0 Å². The van der Waals surface area contributed by atoms with E-state index in [0.29, 0.717) is 0 Å². The third kappa shape index (κ3) is 4.11. The summed E-state index contributed by atoms with van der Waals surface area (Å²) in [6, 6.07) is 69.0. The smallest absolute Gasteiger partial charge is 0.0810 e. The Hall–Kier alpha value is -6.88. The van der Waals surface area contributed by atoms with Gasteiger partial charge in [-0.2, -0.15) is 0 Å². The van der Waals surface area contributed by atoms with Gasteiger partial charge in [0.1, 0.15) is 0 Å². The first-order chi connectivity index (χ1) is 26.8. The molecule has 0 aliphatic heterocycles. The number of hydrogen-bond donors (Lipinski definition) is 0. The Morgan fingerprint density at radius 2 is 0.963 bits per heavy atom. The van der Waals surface area contributed by atoms with E-state index in [1.54, 1.807) is 0 Å². The molecule has 0 atom stereocenters. The van der Waals surface area contributed by atoms with Crippen LogP contribution >= 0.6 is 11.3 Å². The van der Waals surface area contributed by atoms with E-state index < -0.39 is 0 Å². The molecular formula is C50H31N3S. The van der Waals surface area contributed by atoms with Crippen LogP contribution in [0.4, 0.5) is 17.1 Å². The van der Waals surface area contributed by atoms with Gasteiger partial charge in [-0.1, -0.05) is 109 Å². The highest BCUT2D eigenvalue weighted by atomic mass is 32.1. The molecule has 0 unspecified atom stereocenters. The number of anilines is 3. The Labute approximate surface area is 314 Å². The van der Waals surface area contributed by atoms with Crippen LogP contribution in [-0.2, 0) is 0 Å². The first-order valence-corrected chi connectivity index (χ1v) is 19.3. The third-order valence-electron chi connectivity index (χ3n) is 11.2. The largest absolute Gasteiger partial charge is 0.310 e. The second-order valence-corrected chi connectivity index (χ2v) is 15.2. The van der Waals surface area contributed by atoms with Crippen LogP contribution in [0.3, 0.4) is 0 Å². The minimum Gasteiger partial charge on any atom is -0.310 e. The van der Waals surface area contributed by atoms with Crippen LogP contribution in [-0.4, -0.2) is 8.97 Å². The number of hydrogen-bond acceptors (Lipinski definition) is 2. The molecule has 0 bridgehead atoms. The summed E-state index contributed by atoms with van der Waals surface area (Å²) in [6.07, 6.45) is 0. The van der Waals surface area contributed by atoms with Crippen molar-refractivity contribution in [3.8, 4) is 5.69 Å². The standard InChI is InChI=1S/C50H31N3S/c1-3-14-32(15-4-1)51(34-27-29-47-42(30-34)39-21-10-12-25-46(39)54-47)35-26-28-41-45(31-35)53-43-23-11-9-20-38(43)36-18-7-8-19-37(36)40-22-13-24-44-48(40)50(53)49(41)52(44)33-16-5-2-6-17-33/h1-31H. The van der Waals surface area contributed by atoms with E-state index in [0.717, 1.165) is 22.7 Å². The van der Waals surface area contributed by atoms with Gasteiger partial charge in [0, 0.05) is 59.1 Å². The lowest BCUT2D eigenvalue weighted by atomic mass is 10.0. The number of fused-ring (bicyclic) bond motifs is 11. The molecule has 0 saturated heterocycles. The van der Waals surface area contributed by atoms with Crippen LogP contribution < -0.4 is 4.90 Å². The fraction of sp³-hybridized carbons (Fsp3) is 0. The molecule has 12 rings (SSSR count). The lowest BCUT2D eigenvalue weighted by Crippen LogP contribution is -2.09. The molecule has 0 saturated carbocycles. The topological polar surface area (TPSA) is 12.6 Å². The number of benzene rings is 8. The van der Waals surface area contributed by atoms with Crippen molar-refractivity contribution in [3.63, 3.8) is 0 Å². The maximum Gasteiger partial charge on any atom is 0.0810 e. The SMILES string of the molecule is c1ccc(N(c2ccc3sc4ccccc4c3c2)c2ccc3c4c5c6c(cccc6n4-c4ccccc4)c4ccccc4c4ccccc4n5c3c2)cc1. The lowest BCUT2D eigenvalue weighted by molar-refractivity contribution is 1.19. The van der Waals surface area contributed by atoms with Crippen molar-refractivity contribution in [1.29, 1.82) is 0 Å². The van der Waals surface area contributed by atoms with Crippen molar-refractivity contribution in [2.75, 3.05) is 4.90 Å². The van der Waals surface area contributed by atoms with Gasteiger partial charge in [0.05, 0.1) is 27.6 Å². The number of rotatable bonds is 4. The minimum absolute atomic E-state index is 1.11. The summed E-state index contributed by atoms with van der Waals surface area (Å²) in [6.45, 7) is 0. The summed E-state index contributed by atoms with van der Waals surface area (Å²) >= 11 is 1.86. The average molecular weight is 706 g/mol. The third-order valence-corrected chi connectivity index (χ3v) is 12.4. The van der Waals surface area contributed by atoms with Crippen molar-refractivity contribution in [2.24, 2.45) is 0 Å². The van der Waals surface area contributed by atoms with E-state index >= 15 is 0 Å². The van der Waals surface area contributed by atoms with Crippen LogP contribution in [0.1, 0.15) is 0 Å². The first-order valence-electron chi connectivity index (χ1n) is 18.4. The van der Waals surface area contributed by atoms with E-state index in [1.807, 2.05) is 11.3 Å². The van der Waals surface area contributed by atoms with Gasteiger partial charge in [-0.25, -0.2) is 0 Å². The highest BCUT2D eigenvalue weighted by Gasteiger charge is 2.24. The predicted molar refractivity (Wildman–Crippen MR) is 232 cm³/mol. The van der Waals surface area contributed by atoms with Gasteiger partial charge in [-0.05, 0) is 95.0 Å². The van der Waals surface area contributed by atoms with Crippen LogP contribution in [0.2, 0.25) is 0 Å². The van der Waals surface area contributed by atoms with Crippen LogP contribution in [0, 0.1) is 0 Å². The maximum atomic E-state index is 2.55. The van der Waals surface area contributed by atoms with Gasteiger partial charge in [0.25, 0.3) is 0 Å². The molecule has 0 N–H and O–H groups in total. The van der Waals surface area contributed by atoms with Crippen LogP contribution in [0.25, 0.3) is 85.8 Å². The zero-order chi connectivity index (χ0) is 35.3. The normalized spacial score (nSPS) is 12.1. The van der Waals surface area contributed by atoms with Crippen molar-refractivity contribution >= 4 is 108 Å². The summed E-state index contributed by atoms with van der Waals surface area (Å²) in [5.74, 6) is 0. The molecule has 4 heteroatoms. The molecule has 0 radical (unpaired) electrons. The lowest BCUT2D eigenvalue weighted by Gasteiger charge is -2.26. The van der Waals surface area contributed by atoms with Gasteiger partial charge in [-0.15, -0.1) is 11.3 Å². The second-order valence-electron chi connectivity index (χ2n) is 14.1. The number of para-hydroxylation sites is 3. The Kier molecular flexibility index (Phi) is 6.21. The zero-order valence-corrected chi connectivity index (χ0v) is 30.0. The molecule has 0 amide bonds. The summed E-state index contributed by atoms with van der Waals surface area (Å²) < 4.78 is 7.64. The molecule has 252 valence electrons. The Balaban J connectivity index is 1.26. The van der Waals surface area contributed by atoms with Gasteiger partial charge in [0.15, 0.2) is 0 Å². The summed E-state index contributed by atoms with van der Waals surface area (Å²) in [5, 5.41) is 10.0. The molecule has 4 aromatic heterocycles. The number of nitrogens with zero attached hydrogens (tertiary/aromatic N) is 3. The molecule has 4 heterocycles. The van der Waals surface area contributed by atoms with E-state index in [2.05, 4.69) is 202 Å². The second kappa shape index (κ2) is 11.3. The van der Waals surface area contributed by atoms with Crippen molar-refractivity contribution in [1.82, 2.24) is 8.97 Å². The monoisotopic (exact) mass is 705 g/mol. The molecule has 0 aliphatic rings. The van der Waals surface area contributed by atoms with Crippen LogP contribution in [0.5, 0.6) is 0 Å². The van der Waals surface area contributed by atoms with Gasteiger partial charge < -0.3 is 13.9 Å². The predicted octanol–water partition coefficient (Wildman–Crippen LogP) is 14.3. The Bertz CT molecular complexity index is 3440. The molecule has 3 nitrogen and oxygen atoms in total. The van der Waals surface area contributed by atoms with E-state index in [9.17, 15) is 0 Å². The molecule has 0 aliphatic carbocycles. The highest BCUT2D eigenvalue weighted by Crippen LogP contribution is 2.46. The fourth-order valence-corrected chi connectivity index (χ4v) is 10.1. The van der Waals surface area contributed by atoms with E-state index in [4.69, 9.17) is 0 Å². The highest BCUT2D eigenvalue weighted by molar-refractivity contribution is 7.25. The first kappa shape index (κ1) is 29.7. The van der Waals surface area contributed by atoms with Crippen LogP contribution in [0.15, 0.2) is 188 Å². The van der Waals surface area contributed by atoms with E-state index in [1.165, 1.54) is 80.1 Å². The molecule has 0 spiro atoms. The van der Waals surface area contributed by atoms with Gasteiger partial charge >= 0.3 is 0 Å².